The van der Waals surface area contributed by atoms with Crippen molar-refractivity contribution >= 4 is 54.5 Å². The summed E-state index contributed by atoms with van der Waals surface area (Å²) in [6.07, 6.45) is 0. The molecule has 0 fully saturated rings. The Bertz CT molecular complexity index is 2140. The lowest BCUT2D eigenvalue weighted by molar-refractivity contribution is 0.669. The molecule has 172 valence electrons. The Labute approximate surface area is 212 Å². The van der Waals surface area contributed by atoms with Gasteiger partial charge in [0.15, 0.2) is 0 Å². The van der Waals surface area contributed by atoms with Crippen LogP contribution in [-0.4, -0.2) is 9.97 Å². The third-order valence-corrected chi connectivity index (χ3v) is 7.22. The molecule has 2 heterocycles. The average molecular weight is 473 g/mol. The molecule has 0 aliphatic heterocycles. The lowest BCUT2D eigenvalue weighted by Crippen LogP contribution is -1.96. The second kappa shape index (κ2) is 7.74. The topological polar surface area (TPSA) is 38.9 Å². The first-order chi connectivity index (χ1) is 18.3. The first kappa shape index (κ1) is 20.2. The summed E-state index contributed by atoms with van der Waals surface area (Å²) in [4.78, 5) is 10.4. The highest BCUT2D eigenvalue weighted by atomic mass is 16.3. The molecule has 0 spiro atoms. The Kier molecular flexibility index (Phi) is 4.23. The molecular formula is C34H20N2O. The van der Waals surface area contributed by atoms with E-state index in [0.29, 0.717) is 0 Å². The van der Waals surface area contributed by atoms with Gasteiger partial charge in [-0.1, -0.05) is 91.0 Å². The van der Waals surface area contributed by atoms with E-state index in [1.165, 1.54) is 0 Å². The van der Waals surface area contributed by atoms with Gasteiger partial charge in [0.2, 0.25) is 0 Å². The van der Waals surface area contributed by atoms with Crippen molar-refractivity contribution in [2.75, 3.05) is 0 Å². The molecule has 3 nitrogen and oxygen atoms in total. The van der Waals surface area contributed by atoms with Crippen molar-refractivity contribution in [3.63, 3.8) is 0 Å². The molecule has 0 unspecified atom stereocenters. The van der Waals surface area contributed by atoms with Crippen LogP contribution in [0.1, 0.15) is 0 Å². The largest absolute Gasteiger partial charge is 0.456 e. The SMILES string of the molecule is c1ccc(-c2nc3c(ccc4ccccc43)nc2-c2ccc3cc4oc5ccccc5c4cc3c2)cc1. The predicted octanol–water partition coefficient (Wildman–Crippen LogP) is 9.17. The first-order valence-electron chi connectivity index (χ1n) is 12.4. The van der Waals surface area contributed by atoms with E-state index in [4.69, 9.17) is 14.4 Å². The summed E-state index contributed by atoms with van der Waals surface area (Å²) in [5.41, 5.74) is 7.50. The van der Waals surface area contributed by atoms with Crippen molar-refractivity contribution in [1.82, 2.24) is 9.97 Å². The molecule has 2 aromatic heterocycles. The summed E-state index contributed by atoms with van der Waals surface area (Å²) < 4.78 is 6.11. The van der Waals surface area contributed by atoms with Crippen molar-refractivity contribution < 1.29 is 4.42 Å². The van der Waals surface area contributed by atoms with Crippen LogP contribution in [0.2, 0.25) is 0 Å². The molecule has 0 atom stereocenters. The summed E-state index contributed by atoms with van der Waals surface area (Å²) in [7, 11) is 0. The number of aromatic nitrogens is 2. The van der Waals surface area contributed by atoms with Crippen LogP contribution in [-0.2, 0) is 0 Å². The van der Waals surface area contributed by atoms with Gasteiger partial charge in [0.1, 0.15) is 11.2 Å². The standard InChI is InChI=1S/C34H20N2O/c1-2-9-22(10-3-1)32-33(35-29-17-16-21-8-4-5-11-26(21)34(29)36-32)24-15-14-23-20-31-28(19-25(23)18-24)27-12-6-7-13-30(27)37-31/h1-20H. The minimum absolute atomic E-state index is 0.882. The van der Waals surface area contributed by atoms with Crippen LogP contribution in [0, 0.1) is 0 Å². The normalized spacial score (nSPS) is 11.8. The van der Waals surface area contributed by atoms with Crippen LogP contribution in [0.15, 0.2) is 126 Å². The molecule has 0 N–H and O–H groups in total. The predicted molar refractivity (Wildman–Crippen MR) is 153 cm³/mol. The number of hydrogen-bond acceptors (Lipinski definition) is 3. The molecule has 0 amide bonds. The van der Waals surface area contributed by atoms with Crippen molar-refractivity contribution in [3.8, 4) is 22.5 Å². The maximum Gasteiger partial charge on any atom is 0.136 e. The van der Waals surface area contributed by atoms with E-state index < -0.39 is 0 Å². The zero-order valence-corrected chi connectivity index (χ0v) is 19.8. The third-order valence-electron chi connectivity index (χ3n) is 7.22. The molecule has 37 heavy (non-hydrogen) atoms. The van der Waals surface area contributed by atoms with Gasteiger partial charge < -0.3 is 4.42 Å². The maximum atomic E-state index is 6.11. The highest BCUT2D eigenvalue weighted by Crippen LogP contribution is 2.37. The van der Waals surface area contributed by atoms with Gasteiger partial charge in [-0.15, -0.1) is 0 Å². The van der Waals surface area contributed by atoms with Gasteiger partial charge in [0.05, 0.1) is 22.4 Å². The van der Waals surface area contributed by atoms with Gasteiger partial charge in [-0.2, -0.15) is 0 Å². The number of nitrogens with zero attached hydrogens (tertiary/aromatic N) is 2. The molecule has 6 aromatic carbocycles. The van der Waals surface area contributed by atoms with Crippen LogP contribution in [0.5, 0.6) is 0 Å². The quantitative estimate of drug-likeness (QED) is 0.235. The van der Waals surface area contributed by atoms with Gasteiger partial charge in [-0.05, 0) is 46.5 Å². The van der Waals surface area contributed by atoms with E-state index in [1.807, 2.05) is 18.2 Å². The van der Waals surface area contributed by atoms with E-state index in [2.05, 4.69) is 103 Å². The van der Waals surface area contributed by atoms with Crippen molar-refractivity contribution in [1.29, 1.82) is 0 Å². The molecule has 0 saturated heterocycles. The molecule has 8 rings (SSSR count). The summed E-state index contributed by atoms with van der Waals surface area (Å²) in [6, 6.07) is 42.0. The lowest BCUT2D eigenvalue weighted by atomic mass is 9.99. The minimum Gasteiger partial charge on any atom is -0.456 e. The van der Waals surface area contributed by atoms with E-state index in [1.54, 1.807) is 0 Å². The van der Waals surface area contributed by atoms with Crippen LogP contribution in [0.25, 0.3) is 77.0 Å². The fourth-order valence-corrected chi connectivity index (χ4v) is 5.40. The average Bonchev–Trinajstić information content (AvgIpc) is 3.32. The Balaban J connectivity index is 1.41. The van der Waals surface area contributed by atoms with Gasteiger partial charge in [0.25, 0.3) is 0 Å². The van der Waals surface area contributed by atoms with Crippen LogP contribution in [0.3, 0.4) is 0 Å². The number of hydrogen-bond donors (Lipinski definition) is 0. The van der Waals surface area contributed by atoms with Gasteiger partial charge in [-0.25, -0.2) is 9.97 Å². The summed E-state index contributed by atoms with van der Waals surface area (Å²) in [6.45, 7) is 0. The smallest absolute Gasteiger partial charge is 0.136 e. The molecule has 0 aliphatic rings. The van der Waals surface area contributed by atoms with E-state index in [-0.39, 0.29) is 0 Å². The number of fused-ring (bicyclic) bond motifs is 7. The second-order valence-corrected chi connectivity index (χ2v) is 9.45. The van der Waals surface area contributed by atoms with Crippen LogP contribution < -0.4 is 0 Å². The highest BCUT2D eigenvalue weighted by Gasteiger charge is 2.16. The molecule has 3 heteroatoms. The Morgan fingerprint density at radius 3 is 2.11 bits per heavy atom. The summed E-state index contributed by atoms with van der Waals surface area (Å²) in [5.74, 6) is 0. The lowest BCUT2D eigenvalue weighted by Gasteiger charge is -2.13. The molecule has 0 saturated carbocycles. The van der Waals surface area contributed by atoms with Crippen molar-refractivity contribution in [3.05, 3.63) is 121 Å². The van der Waals surface area contributed by atoms with Crippen LogP contribution in [0.4, 0.5) is 0 Å². The summed E-state index contributed by atoms with van der Waals surface area (Å²) >= 11 is 0. The molecule has 8 aromatic rings. The molecule has 0 bridgehead atoms. The Morgan fingerprint density at radius 2 is 1.19 bits per heavy atom. The van der Waals surface area contributed by atoms with Crippen molar-refractivity contribution in [2.24, 2.45) is 0 Å². The van der Waals surface area contributed by atoms with E-state index >= 15 is 0 Å². The summed E-state index contributed by atoms with van der Waals surface area (Å²) in [5, 5.41) is 6.82. The van der Waals surface area contributed by atoms with Crippen LogP contribution >= 0.6 is 0 Å². The maximum absolute atomic E-state index is 6.11. The van der Waals surface area contributed by atoms with E-state index in [0.717, 1.165) is 77.0 Å². The number of benzene rings is 6. The Morgan fingerprint density at radius 1 is 0.432 bits per heavy atom. The van der Waals surface area contributed by atoms with Gasteiger partial charge in [0, 0.05) is 27.3 Å². The zero-order valence-electron chi connectivity index (χ0n) is 19.8. The van der Waals surface area contributed by atoms with Gasteiger partial charge >= 0.3 is 0 Å². The second-order valence-electron chi connectivity index (χ2n) is 9.45. The highest BCUT2D eigenvalue weighted by molar-refractivity contribution is 6.11. The fraction of sp³-hybridized carbons (Fsp3) is 0. The van der Waals surface area contributed by atoms with Gasteiger partial charge in [-0.3, -0.25) is 0 Å². The molecule has 0 aliphatic carbocycles. The van der Waals surface area contributed by atoms with E-state index in [9.17, 15) is 0 Å². The number of para-hydroxylation sites is 1. The molecule has 0 radical (unpaired) electrons. The Hall–Kier alpha value is -5.02. The number of furan rings is 1. The molecular weight excluding hydrogens is 452 g/mol. The zero-order chi connectivity index (χ0) is 24.3. The fourth-order valence-electron chi connectivity index (χ4n) is 5.40. The van der Waals surface area contributed by atoms with Crippen molar-refractivity contribution in [2.45, 2.75) is 0 Å². The monoisotopic (exact) mass is 472 g/mol. The first-order valence-corrected chi connectivity index (χ1v) is 12.4. The minimum atomic E-state index is 0.882. The number of rotatable bonds is 2. The third kappa shape index (κ3) is 3.14.